The van der Waals surface area contributed by atoms with Crippen molar-refractivity contribution in [2.75, 3.05) is 13.6 Å². The minimum Gasteiger partial charge on any atom is -0.368 e. The first kappa shape index (κ1) is 12.2. The SMILES string of the molecule is CN(CC(N)=O)C(=O)C(N)c1ccccc1. The van der Waals surface area contributed by atoms with Gasteiger partial charge in [-0.1, -0.05) is 30.3 Å². The van der Waals surface area contributed by atoms with E-state index in [9.17, 15) is 9.59 Å². The monoisotopic (exact) mass is 221 g/mol. The maximum atomic E-state index is 11.8. The molecule has 5 nitrogen and oxygen atoms in total. The molecule has 86 valence electrons. The van der Waals surface area contributed by atoms with E-state index < -0.39 is 11.9 Å². The number of hydrogen-bond acceptors (Lipinski definition) is 3. The quantitative estimate of drug-likeness (QED) is 0.727. The summed E-state index contributed by atoms with van der Waals surface area (Å²) < 4.78 is 0. The third-order valence-electron chi connectivity index (χ3n) is 2.19. The Bertz CT molecular complexity index is 378. The van der Waals surface area contributed by atoms with Crippen LogP contribution in [0.15, 0.2) is 30.3 Å². The number of benzene rings is 1. The van der Waals surface area contributed by atoms with E-state index in [4.69, 9.17) is 11.5 Å². The van der Waals surface area contributed by atoms with Crippen LogP contribution in [-0.4, -0.2) is 30.3 Å². The Morgan fingerprint density at radius 1 is 1.31 bits per heavy atom. The van der Waals surface area contributed by atoms with Gasteiger partial charge in [-0.2, -0.15) is 0 Å². The maximum Gasteiger partial charge on any atom is 0.244 e. The summed E-state index contributed by atoms with van der Waals surface area (Å²) in [5.41, 5.74) is 11.5. The zero-order valence-corrected chi connectivity index (χ0v) is 9.09. The van der Waals surface area contributed by atoms with Gasteiger partial charge in [0.15, 0.2) is 0 Å². The van der Waals surface area contributed by atoms with Crippen molar-refractivity contribution in [3.8, 4) is 0 Å². The van der Waals surface area contributed by atoms with Crippen LogP contribution in [0.5, 0.6) is 0 Å². The Hall–Kier alpha value is -1.88. The summed E-state index contributed by atoms with van der Waals surface area (Å²) in [7, 11) is 1.50. The van der Waals surface area contributed by atoms with Crippen molar-refractivity contribution in [1.82, 2.24) is 4.90 Å². The summed E-state index contributed by atoms with van der Waals surface area (Å²) in [6, 6.07) is 8.22. The highest BCUT2D eigenvalue weighted by Crippen LogP contribution is 2.11. The third-order valence-corrected chi connectivity index (χ3v) is 2.19. The number of nitrogens with two attached hydrogens (primary N) is 2. The smallest absolute Gasteiger partial charge is 0.244 e. The summed E-state index contributed by atoms with van der Waals surface area (Å²) in [6.07, 6.45) is 0. The van der Waals surface area contributed by atoms with E-state index in [2.05, 4.69) is 0 Å². The number of amides is 2. The Labute approximate surface area is 94.0 Å². The van der Waals surface area contributed by atoms with Gasteiger partial charge in [0.2, 0.25) is 11.8 Å². The van der Waals surface area contributed by atoms with Crippen LogP contribution >= 0.6 is 0 Å². The molecule has 0 radical (unpaired) electrons. The number of likely N-dealkylation sites (N-methyl/N-ethyl adjacent to an activating group) is 1. The average Bonchev–Trinajstić information content (AvgIpc) is 2.27. The highest BCUT2D eigenvalue weighted by atomic mass is 16.2. The van der Waals surface area contributed by atoms with Crippen LogP contribution in [0, 0.1) is 0 Å². The molecule has 1 unspecified atom stereocenters. The highest BCUT2D eigenvalue weighted by Gasteiger charge is 2.20. The fraction of sp³-hybridized carbons (Fsp3) is 0.273. The largest absolute Gasteiger partial charge is 0.368 e. The van der Waals surface area contributed by atoms with Gasteiger partial charge in [0.25, 0.3) is 0 Å². The Morgan fingerprint density at radius 2 is 1.88 bits per heavy atom. The van der Waals surface area contributed by atoms with Crippen molar-refractivity contribution in [1.29, 1.82) is 0 Å². The molecule has 1 aromatic rings. The molecule has 5 heteroatoms. The molecular formula is C11H15N3O2. The molecule has 0 aliphatic rings. The fourth-order valence-electron chi connectivity index (χ4n) is 1.35. The molecule has 2 amide bonds. The molecule has 0 saturated carbocycles. The van der Waals surface area contributed by atoms with Gasteiger partial charge >= 0.3 is 0 Å². The zero-order valence-electron chi connectivity index (χ0n) is 9.09. The van der Waals surface area contributed by atoms with E-state index >= 15 is 0 Å². The minimum absolute atomic E-state index is 0.126. The summed E-state index contributed by atoms with van der Waals surface area (Å²) in [6.45, 7) is -0.126. The lowest BCUT2D eigenvalue weighted by atomic mass is 10.1. The van der Waals surface area contributed by atoms with Crippen LogP contribution in [0.4, 0.5) is 0 Å². The normalized spacial score (nSPS) is 11.9. The van der Waals surface area contributed by atoms with E-state index in [1.165, 1.54) is 11.9 Å². The van der Waals surface area contributed by atoms with E-state index in [1.54, 1.807) is 24.3 Å². The first-order valence-electron chi connectivity index (χ1n) is 4.86. The maximum absolute atomic E-state index is 11.8. The first-order valence-corrected chi connectivity index (χ1v) is 4.86. The van der Waals surface area contributed by atoms with Gasteiger partial charge in [0.05, 0.1) is 6.54 Å². The second-order valence-corrected chi connectivity index (χ2v) is 3.55. The number of nitrogens with zero attached hydrogens (tertiary/aromatic N) is 1. The molecule has 0 fully saturated rings. The second-order valence-electron chi connectivity index (χ2n) is 3.55. The van der Waals surface area contributed by atoms with Crippen LogP contribution in [0.2, 0.25) is 0 Å². The lowest BCUT2D eigenvalue weighted by Crippen LogP contribution is -2.40. The molecule has 0 aliphatic carbocycles. The predicted molar refractivity (Wildman–Crippen MR) is 60.2 cm³/mol. The number of primary amides is 1. The van der Waals surface area contributed by atoms with E-state index in [-0.39, 0.29) is 12.5 Å². The van der Waals surface area contributed by atoms with Gasteiger partial charge in [0, 0.05) is 7.05 Å². The summed E-state index contributed by atoms with van der Waals surface area (Å²) in [5.74, 6) is -0.888. The van der Waals surface area contributed by atoms with Crippen molar-refractivity contribution in [2.45, 2.75) is 6.04 Å². The van der Waals surface area contributed by atoms with Gasteiger partial charge in [0.1, 0.15) is 6.04 Å². The molecule has 0 aliphatic heterocycles. The number of carbonyl (C=O) groups excluding carboxylic acids is 2. The number of hydrogen-bond donors (Lipinski definition) is 2. The molecule has 4 N–H and O–H groups in total. The molecule has 0 heterocycles. The van der Waals surface area contributed by atoms with E-state index in [0.717, 1.165) is 0 Å². The van der Waals surface area contributed by atoms with Gasteiger partial charge in [-0.05, 0) is 5.56 Å². The summed E-state index contributed by atoms with van der Waals surface area (Å²) >= 11 is 0. The van der Waals surface area contributed by atoms with Crippen molar-refractivity contribution in [2.24, 2.45) is 11.5 Å². The molecule has 0 bridgehead atoms. The van der Waals surface area contributed by atoms with Gasteiger partial charge in [-0.25, -0.2) is 0 Å². The molecule has 0 spiro atoms. The van der Waals surface area contributed by atoms with Gasteiger partial charge in [-0.3, -0.25) is 9.59 Å². The topological polar surface area (TPSA) is 89.4 Å². The Balaban J connectivity index is 2.71. The van der Waals surface area contributed by atoms with Crippen LogP contribution in [0.3, 0.4) is 0 Å². The van der Waals surface area contributed by atoms with Crippen LogP contribution in [0.25, 0.3) is 0 Å². The molecule has 1 rings (SSSR count). The van der Waals surface area contributed by atoms with Crippen molar-refractivity contribution < 1.29 is 9.59 Å². The second kappa shape index (κ2) is 5.27. The fourth-order valence-corrected chi connectivity index (χ4v) is 1.35. The Kier molecular flexibility index (Phi) is 4.02. The predicted octanol–water partition coefficient (Wildman–Crippen LogP) is -0.370. The third kappa shape index (κ3) is 3.06. The minimum atomic E-state index is -0.759. The summed E-state index contributed by atoms with van der Waals surface area (Å²) in [4.78, 5) is 23.7. The van der Waals surface area contributed by atoms with Gasteiger partial charge < -0.3 is 16.4 Å². The average molecular weight is 221 g/mol. The standard InChI is InChI=1S/C11H15N3O2/c1-14(7-9(12)15)11(16)10(13)8-5-3-2-4-6-8/h2-6,10H,7,13H2,1H3,(H2,12,15). The molecule has 1 aromatic carbocycles. The lowest BCUT2D eigenvalue weighted by molar-refractivity contribution is -0.135. The van der Waals surface area contributed by atoms with Crippen molar-refractivity contribution in [3.63, 3.8) is 0 Å². The van der Waals surface area contributed by atoms with E-state index in [1.807, 2.05) is 6.07 Å². The highest BCUT2D eigenvalue weighted by molar-refractivity contribution is 5.87. The molecular weight excluding hydrogens is 206 g/mol. The molecule has 0 saturated heterocycles. The van der Waals surface area contributed by atoms with E-state index in [0.29, 0.717) is 5.56 Å². The summed E-state index contributed by atoms with van der Waals surface area (Å²) in [5, 5.41) is 0. The first-order chi connectivity index (χ1) is 7.52. The van der Waals surface area contributed by atoms with Crippen LogP contribution < -0.4 is 11.5 Å². The molecule has 16 heavy (non-hydrogen) atoms. The van der Waals surface area contributed by atoms with Crippen molar-refractivity contribution >= 4 is 11.8 Å². The number of carbonyl (C=O) groups is 2. The molecule has 0 aromatic heterocycles. The van der Waals surface area contributed by atoms with Gasteiger partial charge in [-0.15, -0.1) is 0 Å². The molecule has 1 atom stereocenters. The Morgan fingerprint density at radius 3 is 2.38 bits per heavy atom. The van der Waals surface area contributed by atoms with Crippen LogP contribution in [-0.2, 0) is 9.59 Å². The lowest BCUT2D eigenvalue weighted by Gasteiger charge is -2.19. The van der Waals surface area contributed by atoms with Crippen molar-refractivity contribution in [3.05, 3.63) is 35.9 Å². The van der Waals surface area contributed by atoms with Crippen LogP contribution in [0.1, 0.15) is 11.6 Å². The zero-order chi connectivity index (χ0) is 12.1. The number of rotatable bonds is 4.